The SMILES string of the molecule is CCCCCCCCCCCCCCCCCC(=O)O[C@H]1CC[C@]2(C)[C@H]3CC[C@@H]4[C@H]5[C@H](C)[C@]6(C)O[C@@H]6C[C@]5(C)[C@@H](O)C[C@@]4(C)[C@]3(C)CC[C@H]2C1(C)C. The molecule has 0 aromatic heterocycles. The fourth-order valence-electron chi connectivity index (χ4n) is 15.2. The predicted octanol–water partition coefficient (Wildman–Crippen LogP) is 13.0. The largest absolute Gasteiger partial charge is 0.462 e. The molecule has 1 saturated heterocycles. The third kappa shape index (κ3) is 7.13. The molecule has 300 valence electrons. The topological polar surface area (TPSA) is 59.1 Å². The van der Waals surface area contributed by atoms with Crippen molar-refractivity contribution < 1.29 is 19.4 Å². The van der Waals surface area contributed by atoms with E-state index in [4.69, 9.17) is 9.47 Å². The molecule has 0 spiro atoms. The molecule has 6 aliphatic rings. The Labute approximate surface area is 321 Å². The molecule has 1 N–H and O–H groups in total. The van der Waals surface area contributed by atoms with E-state index in [1.807, 2.05) is 0 Å². The number of fused-ring (bicyclic) bond motifs is 8. The van der Waals surface area contributed by atoms with Gasteiger partial charge >= 0.3 is 5.97 Å². The van der Waals surface area contributed by atoms with Crippen LogP contribution in [-0.4, -0.2) is 35.0 Å². The van der Waals surface area contributed by atoms with E-state index in [1.54, 1.807) is 0 Å². The molecule has 4 heteroatoms. The van der Waals surface area contributed by atoms with Gasteiger partial charge in [0.05, 0.1) is 17.8 Å². The first-order valence-corrected chi connectivity index (χ1v) is 23.1. The standard InChI is InChI=1S/C48H84O4/c1-10-11-12-13-14-15-16-17-18-19-20-21-22-23-24-25-41(50)51-39-29-30-44(5)36(43(39,3)4)28-31-46(7)37(44)27-26-35-42-34(2)48(9)40(52-48)33-45(42,6)38(49)32-47(35,46)8/h34-40,42,49H,10-33H2,1-9H3/t34-,35+,36-,37+,38-,39-,40+,42+,44-,45+,46+,47+,48-/m0/s1. The quantitative estimate of drug-likeness (QED) is 0.0922. The lowest BCUT2D eigenvalue weighted by Gasteiger charge is -2.74. The van der Waals surface area contributed by atoms with Gasteiger partial charge in [-0.15, -0.1) is 0 Å². The molecule has 0 aromatic rings. The number of carbonyl (C=O) groups excluding carboxylic acids is 1. The summed E-state index contributed by atoms with van der Waals surface area (Å²) in [4.78, 5) is 13.2. The summed E-state index contributed by atoms with van der Waals surface area (Å²) < 4.78 is 12.8. The van der Waals surface area contributed by atoms with Crippen molar-refractivity contribution in [3.8, 4) is 0 Å². The first kappa shape index (κ1) is 41.0. The first-order valence-electron chi connectivity index (χ1n) is 23.1. The number of hydrogen-bond acceptors (Lipinski definition) is 4. The average Bonchev–Trinajstić information content (AvgIpc) is 3.75. The molecule has 1 heterocycles. The van der Waals surface area contributed by atoms with E-state index >= 15 is 0 Å². The number of epoxide rings is 1. The Bertz CT molecular complexity index is 1210. The molecule has 6 fully saturated rings. The van der Waals surface area contributed by atoms with Gasteiger partial charge in [-0.25, -0.2) is 0 Å². The highest BCUT2D eigenvalue weighted by Crippen LogP contribution is 2.78. The van der Waals surface area contributed by atoms with Gasteiger partial charge in [-0.1, -0.05) is 145 Å². The summed E-state index contributed by atoms with van der Waals surface area (Å²) in [6, 6.07) is 0. The van der Waals surface area contributed by atoms with Gasteiger partial charge in [-0.3, -0.25) is 4.79 Å². The van der Waals surface area contributed by atoms with Crippen molar-refractivity contribution >= 4 is 5.97 Å². The summed E-state index contributed by atoms with van der Waals surface area (Å²) in [5, 5.41) is 12.1. The van der Waals surface area contributed by atoms with E-state index in [2.05, 4.69) is 62.3 Å². The molecule has 52 heavy (non-hydrogen) atoms. The second-order valence-electron chi connectivity index (χ2n) is 21.7. The van der Waals surface area contributed by atoms with Crippen molar-refractivity contribution in [2.45, 2.75) is 240 Å². The minimum atomic E-state index is -0.257. The van der Waals surface area contributed by atoms with Crippen molar-refractivity contribution in [3.05, 3.63) is 0 Å². The highest BCUT2D eigenvalue weighted by molar-refractivity contribution is 5.69. The highest BCUT2D eigenvalue weighted by Gasteiger charge is 2.75. The van der Waals surface area contributed by atoms with Gasteiger partial charge in [0, 0.05) is 11.8 Å². The van der Waals surface area contributed by atoms with Crippen LogP contribution in [0.4, 0.5) is 0 Å². The second kappa shape index (κ2) is 15.7. The Kier molecular flexibility index (Phi) is 12.4. The van der Waals surface area contributed by atoms with Gasteiger partial charge in [0.15, 0.2) is 0 Å². The minimum Gasteiger partial charge on any atom is -0.462 e. The number of unbranched alkanes of at least 4 members (excludes halogenated alkanes) is 14. The molecule has 5 aliphatic carbocycles. The molecule has 0 amide bonds. The Hall–Kier alpha value is -0.610. The summed E-state index contributed by atoms with van der Waals surface area (Å²) in [5.41, 5.74) is 0.522. The van der Waals surface area contributed by atoms with E-state index in [0.29, 0.717) is 42.1 Å². The number of carbonyl (C=O) groups is 1. The van der Waals surface area contributed by atoms with Crippen molar-refractivity contribution in [2.75, 3.05) is 0 Å². The molecule has 6 rings (SSSR count). The van der Waals surface area contributed by atoms with Crippen LogP contribution in [0.15, 0.2) is 0 Å². The van der Waals surface area contributed by atoms with Crippen LogP contribution in [0.25, 0.3) is 0 Å². The Morgan fingerprint density at radius 3 is 1.85 bits per heavy atom. The molecule has 5 saturated carbocycles. The van der Waals surface area contributed by atoms with Crippen molar-refractivity contribution in [1.29, 1.82) is 0 Å². The summed E-state index contributed by atoms with van der Waals surface area (Å²) in [6.07, 6.45) is 30.0. The third-order valence-electron chi connectivity index (χ3n) is 18.8. The van der Waals surface area contributed by atoms with Crippen LogP contribution in [0.3, 0.4) is 0 Å². The molecule has 0 aromatic carbocycles. The summed E-state index contributed by atoms with van der Waals surface area (Å²) >= 11 is 0. The summed E-state index contributed by atoms with van der Waals surface area (Å²) in [6.45, 7) is 22.3. The lowest BCUT2D eigenvalue weighted by Crippen LogP contribution is -2.70. The molecule has 4 nitrogen and oxygen atoms in total. The molecule has 0 unspecified atom stereocenters. The van der Waals surface area contributed by atoms with Gasteiger partial charge < -0.3 is 14.6 Å². The molecular weight excluding hydrogens is 641 g/mol. The van der Waals surface area contributed by atoms with Crippen molar-refractivity contribution in [1.82, 2.24) is 0 Å². The van der Waals surface area contributed by atoms with Crippen LogP contribution in [0, 0.1) is 56.7 Å². The van der Waals surface area contributed by atoms with Crippen LogP contribution in [0.1, 0.15) is 216 Å². The minimum absolute atomic E-state index is 0.00948. The summed E-state index contributed by atoms with van der Waals surface area (Å²) in [7, 11) is 0. The highest BCUT2D eigenvalue weighted by atomic mass is 16.6. The zero-order valence-corrected chi connectivity index (χ0v) is 35.8. The monoisotopic (exact) mass is 725 g/mol. The summed E-state index contributed by atoms with van der Waals surface area (Å²) in [5.74, 6) is 2.89. The number of aliphatic hydroxyl groups excluding tert-OH is 1. The zero-order valence-electron chi connectivity index (χ0n) is 35.8. The Morgan fingerprint density at radius 1 is 0.673 bits per heavy atom. The Morgan fingerprint density at radius 2 is 1.25 bits per heavy atom. The van der Waals surface area contributed by atoms with Crippen molar-refractivity contribution in [3.63, 3.8) is 0 Å². The van der Waals surface area contributed by atoms with Gasteiger partial charge in [-0.05, 0) is 116 Å². The molecule has 1 aliphatic heterocycles. The van der Waals surface area contributed by atoms with Gasteiger partial charge in [-0.2, -0.15) is 0 Å². The van der Waals surface area contributed by atoms with E-state index in [0.717, 1.165) is 38.5 Å². The van der Waals surface area contributed by atoms with E-state index in [1.165, 1.54) is 109 Å². The average molecular weight is 725 g/mol. The van der Waals surface area contributed by atoms with Crippen molar-refractivity contribution in [2.24, 2.45) is 56.7 Å². The van der Waals surface area contributed by atoms with E-state index in [9.17, 15) is 9.90 Å². The molecule has 0 bridgehead atoms. The molecule has 0 radical (unpaired) electrons. The first-order chi connectivity index (χ1) is 24.6. The van der Waals surface area contributed by atoms with E-state index in [-0.39, 0.29) is 50.9 Å². The van der Waals surface area contributed by atoms with Crippen LogP contribution < -0.4 is 0 Å². The maximum absolute atomic E-state index is 13.2. The smallest absolute Gasteiger partial charge is 0.306 e. The van der Waals surface area contributed by atoms with Crippen LogP contribution in [-0.2, 0) is 14.3 Å². The number of aliphatic hydroxyl groups is 1. The number of esters is 1. The molecule has 13 atom stereocenters. The fraction of sp³-hybridized carbons (Fsp3) is 0.979. The fourth-order valence-corrected chi connectivity index (χ4v) is 15.2. The lowest BCUT2D eigenvalue weighted by molar-refractivity contribution is -0.273. The normalized spacial score (nSPS) is 45.9. The number of ether oxygens (including phenoxy) is 2. The number of rotatable bonds is 17. The zero-order chi connectivity index (χ0) is 37.6. The predicted molar refractivity (Wildman–Crippen MR) is 215 cm³/mol. The number of hydrogen-bond donors (Lipinski definition) is 1. The third-order valence-corrected chi connectivity index (χ3v) is 18.8. The van der Waals surface area contributed by atoms with Gasteiger partial charge in [0.25, 0.3) is 0 Å². The van der Waals surface area contributed by atoms with Crippen LogP contribution in [0.2, 0.25) is 0 Å². The molecular formula is C48H84O4. The van der Waals surface area contributed by atoms with Crippen LogP contribution in [0.5, 0.6) is 0 Å². The second-order valence-corrected chi connectivity index (χ2v) is 21.7. The van der Waals surface area contributed by atoms with Gasteiger partial charge in [0.2, 0.25) is 0 Å². The Balaban J connectivity index is 0.965. The lowest BCUT2D eigenvalue weighted by atomic mass is 9.31. The van der Waals surface area contributed by atoms with Crippen LogP contribution >= 0.6 is 0 Å². The van der Waals surface area contributed by atoms with E-state index < -0.39 is 0 Å². The maximum atomic E-state index is 13.2. The van der Waals surface area contributed by atoms with Gasteiger partial charge in [0.1, 0.15) is 6.10 Å². The maximum Gasteiger partial charge on any atom is 0.306 e.